The first kappa shape index (κ1) is 18.9. The maximum absolute atomic E-state index is 12.3. The highest BCUT2D eigenvalue weighted by Gasteiger charge is 2.35. The zero-order valence-corrected chi connectivity index (χ0v) is 15.1. The molecule has 5 nitrogen and oxygen atoms in total. The average Bonchev–Trinajstić information content (AvgIpc) is 2.54. The summed E-state index contributed by atoms with van der Waals surface area (Å²) in [6, 6.07) is 14.3. The van der Waals surface area contributed by atoms with E-state index in [-0.39, 0.29) is 11.3 Å². The van der Waals surface area contributed by atoms with Crippen LogP contribution < -0.4 is 5.32 Å². The Bertz CT molecular complexity index is 721. The number of nitrogens with zero attached hydrogens (tertiary/aromatic N) is 1. The lowest BCUT2D eigenvalue weighted by molar-refractivity contribution is -0.384. The zero-order valence-electron chi connectivity index (χ0n) is 12.0. The Morgan fingerprint density at radius 1 is 1.08 bits per heavy atom. The van der Waals surface area contributed by atoms with Crippen LogP contribution in [0.3, 0.4) is 0 Å². The predicted octanol–water partition coefficient (Wildman–Crippen LogP) is 4.81. The van der Waals surface area contributed by atoms with E-state index in [0.717, 1.165) is 4.90 Å². The summed E-state index contributed by atoms with van der Waals surface area (Å²) in [6.45, 7) is 0. The third kappa shape index (κ3) is 5.27. The van der Waals surface area contributed by atoms with Gasteiger partial charge in [-0.2, -0.15) is 0 Å². The normalized spacial score (nSPS) is 12.5. The molecule has 0 aliphatic rings. The van der Waals surface area contributed by atoms with E-state index in [9.17, 15) is 14.9 Å². The summed E-state index contributed by atoms with van der Waals surface area (Å²) < 4.78 is -1.74. The molecule has 2 aromatic carbocycles. The lowest BCUT2D eigenvalue weighted by Gasteiger charge is -2.25. The minimum absolute atomic E-state index is 0.108. The molecule has 9 heteroatoms. The molecule has 0 radical (unpaired) electrons. The molecule has 1 amide bonds. The number of hydrogen-bond acceptors (Lipinski definition) is 4. The number of amides is 1. The summed E-state index contributed by atoms with van der Waals surface area (Å²) in [6.07, 6.45) is 0. The molecule has 0 aliphatic heterocycles. The minimum Gasteiger partial charge on any atom is -0.336 e. The van der Waals surface area contributed by atoms with Gasteiger partial charge in [-0.05, 0) is 24.3 Å². The first-order chi connectivity index (χ1) is 11.3. The molecule has 0 bridgehead atoms. The van der Waals surface area contributed by atoms with Crippen LogP contribution in [0.4, 0.5) is 5.69 Å². The molecule has 0 spiro atoms. The van der Waals surface area contributed by atoms with E-state index in [1.807, 2.05) is 30.3 Å². The molecule has 0 fully saturated rings. The van der Waals surface area contributed by atoms with Crippen molar-refractivity contribution >= 4 is 58.2 Å². The monoisotopic (exact) mass is 404 g/mol. The van der Waals surface area contributed by atoms with E-state index in [1.165, 1.54) is 36.0 Å². The van der Waals surface area contributed by atoms with Gasteiger partial charge in [-0.1, -0.05) is 64.8 Å². The number of thioether (sulfide) groups is 1. The Kier molecular flexibility index (Phi) is 6.34. The molecule has 0 unspecified atom stereocenters. The highest BCUT2D eigenvalue weighted by Crippen LogP contribution is 2.39. The standard InChI is InChI=1S/C15H11Cl3N2O3S/c16-15(17,18)14(24-12-4-2-1-3-5-12)19-13(21)10-6-8-11(9-7-10)20(22)23/h1-9,14H,(H,19,21)/t14-/m1/s1. The quantitative estimate of drug-likeness (QED) is 0.255. The van der Waals surface area contributed by atoms with Crippen molar-refractivity contribution in [1.82, 2.24) is 5.32 Å². The number of alkyl halides is 3. The molecule has 0 saturated heterocycles. The fourth-order valence-corrected chi connectivity index (χ4v) is 3.20. The highest BCUT2D eigenvalue weighted by atomic mass is 35.6. The molecule has 2 rings (SSSR count). The van der Waals surface area contributed by atoms with Gasteiger partial charge in [-0.15, -0.1) is 0 Å². The minimum atomic E-state index is -1.74. The summed E-state index contributed by atoms with van der Waals surface area (Å²) in [5.41, 5.74) is 0.122. The van der Waals surface area contributed by atoms with Crippen molar-refractivity contribution in [2.24, 2.45) is 0 Å². The number of hydrogen-bond donors (Lipinski definition) is 1. The molecular weight excluding hydrogens is 395 g/mol. The number of nitrogens with one attached hydrogen (secondary N) is 1. The Morgan fingerprint density at radius 3 is 2.17 bits per heavy atom. The Balaban J connectivity index is 2.14. The fraction of sp³-hybridized carbons (Fsp3) is 0.133. The van der Waals surface area contributed by atoms with Gasteiger partial charge in [0.25, 0.3) is 11.6 Å². The topological polar surface area (TPSA) is 72.2 Å². The number of benzene rings is 2. The number of rotatable bonds is 5. The lowest BCUT2D eigenvalue weighted by Crippen LogP contribution is -2.41. The number of carbonyl (C=O) groups excluding carboxylic acids is 1. The van der Waals surface area contributed by atoms with Gasteiger partial charge in [0.1, 0.15) is 5.37 Å². The number of nitro benzene ring substituents is 1. The van der Waals surface area contributed by atoms with Crippen LogP contribution in [-0.4, -0.2) is 20.0 Å². The maximum atomic E-state index is 12.3. The molecule has 0 saturated carbocycles. The SMILES string of the molecule is O=C(N[C@H](Sc1ccccc1)C(Cl)(Cl)Cl)c1ccc([N+](=O)[O-])cc1. The Morgan fingerprint density at radius 2 is 1.67 bits per heavy atom. The van der Waals surface area contributed by atoms with Gasteiger partial charge < -0.3 is 5.32 Å². The first-order valence-electron chi connectivity index (χ1n) is 6.61. The summed E-state index contributed by atoms with van der Waals surface area (Å²) in [4.78, 5) is 23.2. The summed E-state index contributed by atoms with van der Waals surface area (Å²) in [7, 11) is 0. The first-order valence-corrected chi connectivity index (χ1v) is 8.62. The van der Waals surface area contributed by atoms with Crippen molar-refractivity contribution in [3.05, 3.63) is 70.3 Å². The zero-order chi connectivity index (χ0) is 17.7. The van der Waals surface area contributed by atoms with E-state index in [1.54, 1.807) is 0 Å². The summed E-state index contributed by atoms with van der Waals surface area (Å²) in [5, 5.41) is 12.4. The van der Waals surface area contributed by atoms with Crippen LogP contribution in [0.25, 0.3) is 0 Å². The van der Waals surface area contributed by atoms with Crippen LogP contribution in [0.1, 0.15) is 10.4 Å². The number of non-ortho nitro benzene ring substituents is 1. The van der Waals surface area contributed by atoms with E-state index < -0.39 is 20.0 Å². The predicted molar refractivity (Wildman–Crippen MR) is 96.9 cm³/mol. The van der Waals surface area contributed by atoms with Crippen LogP contribution in [0.5, 0.6) is 0 Å². The van der Waals surface area contributed by atoms with Gasteiger partial charge in [0.05, 0.1) is 4.92 Å². The van der Waals surface area contributed by atoms with Crippen molar-refractivity contribution in [2.45, 2.75) is 14.1 Å². The summed E-state index contributed by atoms with van der Waals surface area (Å²) in [5.74, 6) is -0.496. The van der Waals surface area contributed by atoms with E-state index in [0.29, 0.717) is 0 Å². The molecule has 0 heterocycles. The fourth-order valence-electron chi connectivity index (χ4n) is 1.75. The van der Waals surface area contributed by atoms with Crippen molar-refractivity contribution < 1.29 is 9.72 Å². The number of carbonyl (C=O) groups is 1. The largest absolute Gasteiger partial charge is 0.336 e. The van der Waals surface area contributed by atoms with Crippen molar-refractivity contribution in [2.75, 3.05) is 0 Å². The van der Waals surface area contributed by atoms with Gasteiger partial charge in [0.2, 0.25) is 3.79 Å². The molecule has 0 aromatic heterocycles. The van der Waals surface area contributed by atoms with Gasteiger partial charge in [-0.25, -0.2) is 0 Å². The third-order valence-corrected chi connectivity index (χ3v) is 5.19. The van der Waals surface area contributed by atoms with Crippen LogP contribution in [0, 0.1) is 10.1 Å². The van der Waals surface area contributed by atoms with Gasteiger partial charge in [0.15, 0.2) is 0 Å². The Labute approximate surface area is 157 Å². The second kappa shape index (κ2) is 8.07. The lowest BCUT2D eigenvalue weighted by atomic mass is 10.2. The molecular formula is C15H11Cl3N2O3S. The number of halogens is 3. The van der Waals surface area contributed by atoms with Crippen LogP contribution >= 0.6 is 46.6 Å². The van der Waals surface area contributed by atoms with Crippen molar-refractivity contribution in [3.63, 3.8) is 0 Å². The second-order valence-electron chi connectivity index (χ2n) is 4.63. The maximum Gasteiger partial charge on any atom is 0.269 e. The van der Waals surface area contributed by atoms with E-state index in [4.69, 9.17) is 34.8 Å². The molecule has 24 heavy (non-hydrogen) atoms. The van der Waals surface area contributed by atoms with Crippen LogP contribution in [0.15, 0.2) is 59.5 Å². The molecule has 1 N–H and O–H groups in total. The highest BCUT2D eigenvalue weighted by molar-refractivity contribution is 8.00. The smallest absolute Gasteiger partial charge is 0.269 e. The Hall–Kier alpha value is -1.47. The molecule has 126 valence electrons. The number of nitro groups is 1. The van der Waals surface area contributed by atoms with Gasteiger partial charge >= 0.3 is 0 Å². The molecule has 1 atom stereocenters. The second-order valence-corrected chi connectivity index (χ2v) is 8.18. The van der Waals surface area contributed by atoms with E-state index >= 15 is 0 Å². The third-order valence-electron chi connectivity index (χ3n) is 2.90. The molecule has 0 aliphatic carbocycles. The molecule has 2 aromatic rings. The van der Waals surface area contributed by atoms with Crippen molar-refractivity contribution in [3.8, 4) is 0 Å². The average molecular weight is 406 g/mol. The van der Waals surface area contributed by atoms with Crippen LogP contribution in [0.2, 0.25) is 0 Å². The van der Waals surface area contributed by atoms with Gasteiger partial charge in [-0.3, -0.25) is 14.9 Å². The van der Waals surface area contributed by atoms with Gasteiger partial charge in [0, 0.05) is 22.6 Å². The van der Waals surface area contributed by atoms with Crippen LogP contribution in [-0.2, 0) is 0 Å². The summed E-state index contributed by atoms with van der Waals surface area (Å²) >= 11 is 19.1. The van der Waals surface area contributed by atoms with Crippen molar-refractivity contribution in [1.29, 1.82) is 0 Å². The van der Waals surface area contributed by atoms with E-state index in [2.05, 4.69) is 5.32 Å².